The molecule has 2 heterocycles. The number of aliphatic hydroxyl groups is 1. The molecule has 2 N–H and O–H groups in total. The lowest BCUT2D eigenvalue weighted by molar-refractivity contribution is -0.442. The summed E-state index contributed by atoms with van der Waals surface area (Å²) in [7, 11) is 1.70. The van der Waals surface area contributed by atoms with Gasteiger partial charge in [-0.05, 0) is 57.2 Å². The van der Waals surface area contributed by atoms with Crippen LogP contribution in [0, 0.1) is 0 Å². The molecule has 10 heteroatoms. The van der Waals surface area contributed by atoms with Gasteiger partial charge >= 0.3 is 0 Å². The molecule has 0 saturated heterocycles. The first kappa shape index (κ1) is 40.7. The largest absolute Gasteiger partial charge is 1.00 e. The highest BCUT2D eigenvalue weighted by Crippen LogP contribution is 2.47. The van der Waals surface area contributed by atoms with Crippen LogP contribution in [-0.2, 0) is 34.6 Å². The number of para-hydroxylation sites is 2. The molecule has 9 nitrogen and oxygen atoms in total. The Bertz CT molecular complexity index is 1530. The number of carbonyl (C=O) groups excluding carboxylic acids is 1. The second-order valence-electron chi connectivity index (χ2n) is 14.5. The third-order valence-corrected chi connectivity index (χ3v) is 10.4. The number of hydrogen-bond donors (Lipinski definition) is 2. The van der Waals surface area contributed by atoms with Crippen LogP contribution in [0.5, 0.6) is 0 Å². The Morgan fingerprint density at radius 3 is 2.25 bits per heavy atom. The molecule has 280 valence electrons. The zero-order chi connectivity index (χ0) is 35.6. The van der Waals surface area contributed by atoms with E-state index in [4.69, 9.17) is 18.9 Å². The number of halogens is 1. The van der Waals surface area contributed by atoms with Crippen LogP contribution in [0.2, 0.25) is 0 Å². The number of nitrogens with one attached hydrogen (secondary N) is 1. The van der Waals surface area contributed by atoms with Crippen molar-refractivity contribution in [3.8, 4) is 0 Å². The van der Waals surface area contributed by atoms with Crippen molar-refractivity contribution < 1.29 is 45.8 Å². The number of amides is 1. The summed E-state index contributed by atoms with van der Waals surface area (Å²) < 4.78 is 25.2. The quantitative estimate of drug-likeness (QED) is 0.181. The van der Waals surface area contributed by atoms with Gasteiger partial charge in [0.1, 0.15) is 6.61 Å². The van der Waals surface area contributed by atoms with Gasteiger partial charge in [0.05, 0.1) is 51.2 Å². The Morgan fingerprint density at radius 1 is 0.863 bits per heavy atom. The van der Waals surface area contributed by atoms with Crippen molar-refractivity contribution in [3.05, 3.63) is 83.6 Å². The number of ether oxygens (including phenoxy) is 4. The van der Waals surface area contributed by atoms with Crippen LogP contribution in [0.4, 0.5) is 11.4 Å². The number of hydrogen-bond acceptors (Lipinski definition) is 7. The molecule has 0 radical (unpaired) electrons. The summed E-state index contributed by atoms with van der Waals surface area (Å²) >= 11 is 0. The number of aliphatic hydroxyl groups excluding tert-OH is 1. The average Bonchev–Trinajstić information content (AvgIpc) is 3.45. The molecule has 1 aliphatic carbocycles. The Labute approximate surface area is 311 Å². The summed E-state index contributed by atoms with van der Waals surface area (Å²) in [6, 6.07) is 17.5. The summed E-state index contributed by atoms with van der Waals surface area (Å²) in [6.07, 6.45) is 10.0. The number of rotatable bonds is 18. The Morgan fingerprint density at radius 2 is 1.51 bits per heavy atom. The molecule has 0 unspecified atom stereocenters. The van der Waals surface area contributed by atoms with Crippen molar-refractivity contribution in [2.24, 2.45) is 0 Å². The fourth-order valence-electron chi connectivity index (χ4n) is 7.56. The zero-order valence-corrected chi connectivity index (χ0v) is 31.9. The van der Waals surface area contributed by atoms with E-state index in [2.05, 4.69) is 109 Å². The van der Waals surface area contributed by atoms with Gasteiger partial charge in [0.15, 0.2) is 12.3 Å². The van der Waals surface area contributed by atoms with E-state index < -0.39 is 0 Å². The van der Waals surface area contributed by atoms with Crippen molar-refractivity contribution in [1.29, 1.82) is 0 Å². The van der Waals surface area contributed by atoms with Gasteiger partial charge in [-0.3, -0.25) is 4.79 Å². The molecule has 0 atom stereocenters. The fraction of sp³-hybridized carbons (Fsp3) is 0.561. The van der Waals surface area contributed by atoms with Crippen LogP contribution in [0.15, 0.2) is 72.5 Å². The maximum absolute atomic E-state index is 12.3. The molecule has 2 aliphatic heterocycles. The average molecular weight is 724 g/mol. The van der Waals surface area contributed by atoms with E-state index in [0.717, 1.165) is 38.8 Å². The molecular weight excluding hydrogens is 666 g/mol. The molecule has 1 saturated carbocycles. The summed E-state index contributed by atoms with van der Waals surface area (Å²) in [4.78, 5) is 14.7. The minimum atomic E-state index is -0.223. The summed E-state index contributed by atoms with van der Waals surface area (Å²) in [5, 5.41) is 12.7. The SMILES string of the molecule is COCCOCC[N+]1=C(/C=C/C=C2/N(CCOCCOCCC(=O)NC3CCC(O)CC3)c3ccccc3C2(C)C)C(C)(C)c2ccccc21.[Cl-]. The van der Waals surface area contributed by atoms with Crippen LogP contribution in [0.3, 0.4) is 0 Å². The number of fused-ring (bicyclic) bond motifs is 2. The molecule has 0 spiro atoms. The number of carbonyl (C=O) groups is 1. The topological polar surface area (TPSA) is 92.5 Å². The number of nitrogens with zero attached hydrogens (tertiary/aromatic N) is 2. The number of methoxy groups -OCH3 is 1. The molecule has 2 aromatic carbocycles. The molecular formula is C41H58ClN3O6. The highest BCUT2D eigenvalue weighted by atomic mass is 35.5. The summed E-state index contributed by atoms with van der Waals surface area (Å²) in [6.45, 7) is 14.3. The van der Waals surface area contributed by atoms with Gasteiger partial charge in [0, 0.05) is 60.6 Å². The first-order valence-corrected chi connectivity index (χ1v) is 18.3. The first-order chi connectivity index (χ1) is 24.1. The van der Waals surface area contributed by atoms with Crippen LogP contribution in [0.25, 0.3) is 0 Å². The van der Waals surface area contributed by atoms with Gasteiger partial charge in [-0.2, -0.15) is 4.58 Å². The van der Waals surface area contributed by atoms with Gasteiger partial charge in [-0.25, -0.2) is 0 Å². The highest BCUT2D eigenvalue weighted by Gasteiger charge is 2.44. The molecule has 0 bridgehead atoms. The molecule has 1 fully saturated rings. The van der Waals surface area contributed by atoms with Gasteiger partial charge in [-0.1, -0.05) is 56.3 Å². The normalized spacial score (nSPS) is 21.2. The molecule has 0 aromatic heterocycles. The lowest BCUT2D eigenvalue weighted by Gasteiger charge is -2.27. The minimum Gasteiger partial charge on any atom is -1.00 e. The third-order valence-electron chi connectivity index (χ3n) is 10.4. The number of allylic oxidation sites excluding steroid dienone is 4. The lowest BCUT2D eigenvalue weighted by atomic mass is 9.81. The fourth-order valence-corrected chi connectivity index (χ4v) is 7.56. The predicted octanol–water partition coefficient (Wildman–Crippen LogP) is 2.81. The van der Waals surface area contributed by atoms with Crippen LogP contribution in [-0.4, -0.2) is 99.9 Å². The summed E-state index contributed by atoms with van der Waals surface area (Å²) in [5.74, 6) is 0.00934. The maximum Gasteiger partial charge on any atom is 0.222 e. The van der Waals surface area contributed by atoms with Crippen molar-refractivity contribution in [3.63, 3.8) is 0 Å². The third kappa shape index (κ3) is 10.1. The van der Waals surface area contributed by atoms with Crippen molar-refractivity contribution in [2.75, 3.05) is 71.3 Å². The van der Waals surface area contributed by atoms with E-state index in [1.165, 1.54) is 33.9 Å². The highest BCUT2D eigenvalue weighted by molar-refractivity contribution is 6.03. The van der Waals surface area contributed by atoms with E-state index in [0.29, 0.717) is 52.7 Å². The standard InChI is InChI=1S/C41H57N3O6.ClH/c1-40(2)33-11-6-8-13-35(33)43(22-25-49-28-27-47-5)37(40)15-10-16-38-41(3,4)34-12-7-9-14-36(34)44(38)23-26-50-30-29-48-24-21-39(46)42-31-17-19-32(45)20-18-31;/h6-16,31-32,45H,17-30H2,1-5H3;1H. The molecule has 1 amide bonds. The second kappa shape index (κ2) is 19.1. The Kier molecular flexibility index (Phi) is 15.3. The van der Waals surface area contributed by atoms with E-state index in [1.54, 1.807) is 7.11 Å². The van der Waals surface area contributed by atoms with Crippen LogP contribution >= 0.6 is 0 Å². The zero-order valence-electron chi connectivity index (χ0n) is 31.2. The smallest absolute Gasteiger partial charge is 0.222 e. The first-order valence-electron chi connectivity index (χ1n) is 18.3. The predicted molar refractivity (Wildman–Crippen MR) is 199 cm³/mol. The van der Waals surface area contributed by atoms with Crippen molar-refractivity contribution in [2.45, 2.75) is 82.8 Å². The van der Waals surface area contributed by atoms with Gasteiger partial charge in [0.25, 0.3) is 0 Å². The van der Waals surface area contributed by atoms with Crippen molar-refractivity contribution >= 4 is 23.0 Å². The lowest BCUT2D eigenvalue weighted by Crippen LogP contribution is -3.00. The molecule has 51 heavy (non-hydrogen) atoms. The van der Waals surface area contributed by atoms with Crippen molar-refractivity contribution in [1.82, 2.24) is 5.32 Å². The molecule has 3 aliphatic rings. The Balaban J connectivity index is 0.00000583. The van der Waals surface area contributed by atoms with E-state index in [9.17, 15) is 9.90 Å². The van der Waals surface area contributed by atoms with E-state index in [1.807, 2.05) is 0 Å². The second-order valence-corrected chi connectivity index (χ2v) is 14.5. The van der Waals surface area contributed by atoms with Gasteiger partial charge < -0.3 is 46.7 Å². The number of benzene rings is 2. The van der Waals surface area contributed by atoms with Crippen LogP contribution < -0.4 is 22.6 Å². The molecule has 2 aromatic rings. The van der Waals surface area contributed by atoms with E-state index >= 15 is 0 Å². The molecule has 5 rings (SSSR count). The summed E-state index contributed by atoms with van der Waals surface area (Å²) in [5.41, 5.74) is 7.25. The Hall–Kier alpha value is -3.05. The van der Waals surface area contributed by atoms with E-state index in [-0.39, 0.29) is 41.3 Å². The van der Waals surface area contributed by atoms with Crippen LogP contribution in [0.1, 0.15) is 70.9 Å². The minimum absolute atomic E-state index is 0. The number of anilines is 1. The maximum atomic E-state index is 12.3. The monoisotopic (exact) mass is 723 g/mol. The van der Waals surface area contributed by atoms with Gasteiger partial charge in [-0.15, -0.1) is 0 Å². The van der Waals surface area contributed by atoms with Gasteiger partial charge in [0.2, 0.25) is 11.6 Å².